The number of nitrogens with zero attached hydrogens (tertiary/aromatic N) is 2. The Balaban J connectivity index is 1.49. The molecule has 0 radical (unpaired) electrons. The highest BCUT2D eigenvalue weighted by molar-refractivity contribution is 9.10. The fourth-order valence-electron chi connectivity index (χ4n) is 2.84. The molecule has 0 saturated carbocycles. The maximum atomic E-state index is 12.3. The summed E-state index contributed by atoms with van der Waals surface area (Å²) in [5.74, 6) is 6.47. The van der Waals surface area contributed by atoms with Crippen LogP contribution in [0.15, 0.2) is 53.0 Å². The van der Waals surface area contributed by atoms with Gasteiger partial charge in [-0.1, -0.05) is 34.0 Å². The first kappa shape index (κ1) is 18.5. The van der Waals surface area contributed by atoms with E-state index < -0.39 is 0 Å². The highest BCUT2D eigenvalue weighted by atomic mass is 79.9. The zero-order valence-corrected chi connectivity index (χ0v) is 16.3. The van der Waals surface area contributed by atoms with Crippen molar-refractivity contribution in [1.29, 1.82) is 0 Å². The van der Waals surface area contributed by atoms with Crippen molar-refractivity contribution < 1.29 is 9.53 Å². The molecule has 1 heterocycles. The Morgan fingerprint density at radius 2 is 1.69 bits per heavy atom. The Kier molecular flexibility index (Phi) is 6.32. The summed E-state index contributed by atoms with van der Waals surface area (Å²) in [5.41, 5.74) is 2.10. The molecule has 0 unspecified atom stereocenters. The fraction of sp³-hybridized carbons (Fsp3) is 0.286. The Bertz CT molecular complexity index is 799. The molecule has 1 aliphatic heterocycles. The summed E-state index contributed by atoms with van der Waals surface area (Å²) in [7, 11) is 1.67. The maximum Gasteiger partial charge on any atom is 0.298 e. The van der Waals surface area contributed by atoms with Gasteiger partial charge in [0, 0.05) is 48.7 Å². The Hall–Kier alpha value is -2.29. The van der Waals surface area contributed by atoms with Crippen LogP contribution in [0.2, 0.25) is 0 Å². The Morgan fingerprint density at radius 3 is 2.31 bits per heavy atom. The number of halogens is 1. The standard InChI is InChI=1S/C21H21BrN2O2/c1-26-20-9-4-18(5-10-20)16-23-12-14-24(15-13-23)21(25)11-6-17-2-7-19(22)8-3-17/h2-5,7-10H,12-16H2,1H3. The van der Waals surface area contributed by atoms with Gasteiger partial charge in [-0.25, -0.2) is 0 Å². The summed E-state index contributed by atoms with van der Waals surface area (Å²) in [6.45, 7) is 4.03. The monoisotopic (exact) mass is 412 g/mol. The molecule has 0 N–H and O–H groups in total. The number of carbonyl (C=O) groups is 1. The third-order valence-electron chi connectivity index (χ3n) is 4.38. The average molecular weight is 413 g/mol. The molecule has 26 heavy (non-hydrogen) atoms. The lowest BCUT2D eigenvalue weighted by Gasteiger charge is -2.33. The van der Waals surface area contributed by atoms with Gasteiger partial charge >= 0.3 is 0 Å². The second kappa shape index (κ2) is 8.88. The molecule has 4 nitrogen and oxygen atoms in total. The summed E-state index contributed by atoms with van der Waals surface area (Å²) in [5, 5.41) is 0. The number of hydrogen-bond acceptors (Lipinski definition) is 3. The lowest BCUT2D eigenvalue weighted by Crippen LogP contribution is -2.47. The topological polar surface area (TPSA) is 32.8 Å². The molecule has 1 saturated heterocycles. The van der Waals surface area contributed by atoms with Crippen LogP contribution in [-0.2, 0) is 11.3 Å². The van der Waals surface area contributed by atoms with Gasteiger partial charge in [0.25, 0.3) is 5.91 Å². The summed E-state index contributed by atoms with van der Waals surface area (Å²) in [6, 6.07) is 15.8. The number of amides is 1. The summed E-state index contributed by atoms with van der Waals surface area (Å²) in [6.07, 6.45) is 0. The largest absolute Gasteiger partial charge is 0.497 e. The van der Waals surface area contributed by atoms with Gasteiger partial charge in [-0.2, -0.15) is 0 Å². The van der Waals surface area contributed by atoms with Crippen LogP contribution in [0.25, 0.3) is 0 Å². The molecule has 3 rings (SSSR count). The van der Waals surface area contributed by atoms with E-state index in [1.54, 1.807) is 7.11 Å². The zero-order chi connectivity index (χ0) is 18.4. The van der Waals surface area contributed by atoms with Crippen molar-refractivity contribution in [2.24, 2.45) is 0 Å². The number of benzene rings is 2. The van der Waals surface area contributed by atoms with E-state index >= 15 is 0 Å². The third kappa shape index (κ3) is 5.10. The van der Waals surface area contributed by atoms with Crippen LogP contribution in [-0.4, -0.2) is 49.0 Å². The molecule has 0 aromatic heterocycles. The molecular formula is C21H21BrN2O2. The van der Waals surface area contributed by atoms with Crippen LogP contribution in [0.4, 0.5) is 0 Å². The third-order valence-corrected chi connectivity index (χ3v) is 4.91. The molecular weight excluding hydrogens is 392 g/mol. The number of piperazine rings is 1. The van der Waals surface area contributed by atoms with E-state index in [9.17, 15) is 4.79 Å². The van der Waals surface area contributed by atoms with E-state index in [0.717, 1.165) is 35.4 Å². The minimum atomic E-state index is -0.1000. The first-order valence-electron chi connectivity index (χ1n) is 8.56. The summed E-state index contributed by atoms with van der Waals surface area (Å²) < 4.78 is 6.19. The maximum absolute atomic E-state index is 12.3. The molecule has 1 aliphatic rings. The molecule has 0 aliphatic carbocycles. The van der Waals surface area contributed by atoms with E-state index in [1.807, 2.05) is 41.3 Å². The lowest BCUT2D eigenvalue weighted by atomic mass is 10.2. The van der Waals surface area contributed by atoms with Gasteiger partial charge in [-0.05, 0) is 42.0 Å². The van der Waals surface area contributed by atoms with Crippen LogP contribution < -0.4 is 4.74 Å². The van der Waals surface area contributed by atoms with Gasteiger partial charge in [0.1, 0.15) is 5.75 Å². The van der Waals surface area contributed by atoms with Crippen LogP contribution in [0.5, 0.6) is 5.75 Å². The Labute approximate surface area is 162 Å². The molecule has 5 heteroatoms. The second-order valence-electron chi connectivity index (χ2n) is 6.17. The van der Waals surface area contributed by atoms with Crippen molar-refractivity contribution in [3.8, 4) is 17.6 Å². The number of rotatable bonds is 3. The molecule has 1 fully saturated rings. The van der Waals surface area contributed by atoms with Crippen molar-refractivity contribution in [2.45, 2.75) is 6.54 Å². The van der Waals surface area contributed by atoms with Crippen molar-refractivity contribution >= 4 is 21.8 Å². The molecule has 1 amide bonds. The summed E-state index contributed by atoms with van der Waals surface area (Å²) in [4.78, 5) is 16.5. The first-order chi connectivity index (χ1) is 12.6. The number of methoxy groups -OCH3 is 1. The van der Waals surface area contributed by atoms with Gasteiger partial charge in [-0.15, -0.1) is 0 Å². The van der Waals surface area contributed by atoms with E-state index in [-0.39, 0.29) is 5.91 Å². The lowest BCUT2D eigenvalue weighted by molar-refractivity contribution is -0.126. The molecule has 0 atom stereocenters. The highest BCUT2D eigenvalue weighted by Crippen LogP contribution is 2.14. The zero-order valence-electron chi connectivity index (χ0n) is 14.7. The summed E-state index contributed by atoms with van der Waals surface area (Å²) >= 11 is 3.39. The SMILES string of the molecule is COc1ccc(CN2CCN(C(=O)C#Cc3ccc(Br)cc3)CC2)cc1. The van der Waals surface area contributed by atoms with Crippen molar-refractivity contribution in [3.63, 3.8) is 0 Å². The molecule has 2 aromatic carbocycles. The van der Waals surface area contributed by atoms with E-state index in [0.29, 0.717) is 13.1 Å². The van der Waals surface area contributed by atoms with Crippen molar-refractivity contribution in [3.05, 3.63) is 64.1 Å². The highest BCUT2D eigenvalue weighted by Gasteiger charge is 2.19. The van der Waals surface area contributed by atoms with E-state index in [2.05, 4.69) is 44.8 Å². The van der Waals surface area contributed by atoms with E-state index in [4.69, 9.17) is 4.74 Å². The first-order valence-corrected chi connectivity index (χ1v) is 9.35. The van der Waals surface area contributed by atoms with Crippen LogP contribution >= 0.6 is 15.9 Å². The van der Waals surface area contributed by atoms with Crippen molar-refractivity contribution in [2.75, 3.05) is 33.3 Å². The predicted octanol–water partition coefficient (Wildman–Crippen LogP) is 3.15. The van der Waals surface area contributed by atoms with Crippen LogP contribution in [0, 0.1) is 11.8 Å². The average Bonchev–Trinajstić information content (AvgIpc) is 2.68. The smallest absolute Gasteiger partial charge is 0.298 e. The van der Waals surface area contributed by atoms with Crippen molar-refractivity contribution in [1.82, 2.24) is 9.80 Å². The normalized spacial score (nSPS) is 14.5. The van der Waals surface area contributed by atoms with Crippen LogP contribution in [0.3, 0.4) is 0 Å². The van der Waals surface area contributed by atoms with Gasteiger partial charge in [0.15, 0.2) is 0 Å². The fourth-order valence-corrected chi connectivity index (χ4v) is 3.10. The second-order valence-corrected chi connectivity index (χ2v) is 7.09. The molecule has 0 spiro atoms. The Morgan fingerprint density at radius 1 is 1.04 bits per heavy atom. The number of hydrogen-bond donors (Lipinski definition) is 0. The minimum Gasteiger partial charge on any atom is -0.497 e. The quantitative estimate of drug-likeness (QED) is 0.725. The van der Waals surface area contributed by atoms with Gasteiger partial charge in [-0.3, -0.25) is 9.69 Å². The molecule has 0 bridgehead atoms. The van der Waals surface area contributed by atoms with Gasteiger partial charge < -0.3 is 9.64 Å². The number of ether oxygens (including phenoxy) is 1. The molecule has 134 valence electrons. The van der Waals surface area contributed by atoms with Gasteiger partial charge in [0.05, 0.1) is 7.11 Å². The minimum absolute atomic E-state index is 0.1000. The molecule has 2 aromatic rings. The number of carbonyl (C=O) groups excluding carboxylic acids is 1. The van der Waals surface area contributed by atoms with Gasteiger partial charge in [0.2, 0.25) is 0 Å². The van der Waals surface area contributed by atoms with E-state index in [1.165, 1.54) is 5.56 Å². The van der Waals surface area contributed by atoms with Crippen LogP contribution in [0.1, 0.15) is 11.1 Å². The predicted molar refractivity (Wildman–Crippen MR) is 106 cm³/mol.